The van der Waals surface area contributed by atoms with E-state index in [4.69, 9.17) is 0 Å². The monoisotopic (exact) mass is 325 g/mol. The standard InChI is InChI=1S/C20H23NOS/c1-3-4-5-8-13-21-17-9-6-7-10-19(17)23-20-14-16(15(2)22)11-12-18(20)21/h6-7,9-12,14H,3-5,8,13H2,1-2H3. The summed E-state index contributed by atoms with van der Waals surface area (Å²) < 4.78 is 0. The Morgan fingerprint density at radius 1 is 1.00 bits per heavy atom. The third kappa shape index (κ3) is 3.45. The van der Waals surface area contributed by atoms with Crippen LogP contribution in [0.1, 0.15) is 49.9 Å². The number of carbonyl (C=O) groups excluding carboxylic acids is 1. The molecule has 0 saturated carbocycles. The van der Waals surface area contributed by atoms with E-state index < -0.39 is 0 Å². The fraction of sp³-hybridized carbons (Fsp3) is 0.350. The maximum atomic E-state index is 11.7. The van der Waals surface area contributed by atoms with Gasteiger partial charge in [-0.2, -0.15) is 0 Å². The molecule has 0 saturated heterocycles. The maximum absolute atomic E-state index is 11.7. The first-order valence-electron chi connectivity index (χ1n) is 8.40. The molecule has 0 amide bonds. The van der Waals surface area contributed by atoms with E-state index in [0.29, 0.717) is 0 Å². The van der Waals surface area contributed by atoms with Crippen molar-refractivity contribution in [1.29, 1.82) is 0 Å². The van der Waals surface area contributed by atoms with Gasteiger partial charge >= 0.3 is 0 Å². The maximum Gasteiger partial charge on any atom is 0.159 e. The predicted octanol–water partition coefficient (Wildman–Crippen LogP) is 6.07. The summed E-state index contributed by atoms with van der Waals surface area (Å²) in [5, 5.41) is 0. The van der Waals surface area contributed by atoms with Gasteiger partial charge in [-0.05, 0) is 43.7 Å². The van der Waals surface area contributed by atoms with Crippen LogP contribution in [-0.4, -0.2) is 12.3 Å². The summed E-state index contributed by atoms with van der Waals surface area (Å²) in [6.45, 7) is 4.90. The fourth-order valence-corrected chi connectivity index (χ4v) is 4.13. The molecule has 120 valence electrons. The minimum absolute atomic E-state index is 0.127. The summed E-state index contributed by atoms with van der Waals surface area (Å²) in [6.07, 6.45) is 5.01. The highest BCUT2D eigenvalue weighted by atomic mass is 32.2. The lowest BCUT2D eigenvalue weighted by Gasteiger charge is -2.33. The summed E-state index contributed by atoms with van der Waals surface area (Å²) in [5.74, 6) is 0.127. The van der Waals surface area contributed by atoms with Crippen LogP contribution < -0.4 is 4.90 Å². The van der Waals surface area contributed by atoms with Crippen molar-refractivity contribution in [3.63, 3.8) is 0 Å². The first-order chi connectivity index (χ1) is 11.2. The zero-order chi connectivity index (χ0) is 16.2. The van der Waals surface area contributed by atoms with Gasteiger partial charge in [0.05, 0.1) is 11.4 Å². The molecule has 0 unspecified atom stereocenters. The molecule has 1 aliphatic heterocycles. The molecule has 2 nitrogen and oxygen atoms in total. The number of carbonyl (C=O) groups is 1. The summed E-state index contributed by atoms with van der Waals surface area (Å²) >= 11 is 1.77. The number of hydrogen-bond acceptors (Lipinski definition) is 3. The lowest BCUT2D eigenvalue weighted by atomic mass is 10.1. The van der Waals surface area contributed by atoms with Crippen LogP contribution in [0, 0.1) is 0 Å². The van der Waals surface area contributed by atoms with Crippen molar-refractivity contribution in [1.82, 2.24) is 0 Å². The van der Waals surface area contributed by atoms with E-state index >= 15 is 0 Å². The van der Waals surface area contributed by atoms with E-state index in [9.17, 15) is 4.79 Å². The lowest BCUT2D eigenvalue weighted by Crippen LogP contribution is -2.22. The van der Waals surface area contributed by atoms with Crippen molar-refractivity contribution in [3.05, 3.63) is 48.0 Å². The highest BCUT2D eigenvalue weighted by Crippen LogP contribution is 2.48. The molecule has 0 radical (unpaired) electrons. The van der Waals surface area contributed by atoms with Gasteiger partial charge in [-0.3, -0.25) is 4.79 Å². The Bertz CT molecular complexity index is 711. The van der Waals surface area contributed by atoms with Crippen LogP contribution >= 0.6 is 11.8 Å². The molecule has 0 spiro atoms. The summed E-state index contributed by atoms with van der Waals surface area (Å²) in [4.78, 5) is 16.6. The number of benzene rings is 2. The second kappa shape index (κ2) is 7.22. The number of hydrogen-bond donors (Lipinski definition) is 0. The van der Waals surface area contributed by atoms with Crippen LogP contribution in [0.4, 0.5) is 11.4 Å². The predicted molar refractivity (Wildman–Crippen MR) is 98.2 cm³/mol. The second-order valence-electron chi connectivity index (χ2n) is 6.02. The molecule has 0 N–H and O–H groups in total. The fourth-order valence-electron chi connectivity index (χ4n) is 2.99. The normalized spacial score (nSPS) is 12.7. The average molecular weight is 325 g/mol. The van der Waals surface area contributed by atoms with Gasteiger partial charge in [0.15, 0.2) is 5.78 Å². The van der Waals surface area contributed by atoms with Crippen LogP contribution in [0.3, 0.4) is 0 Å². The Morgan fingerprint density at radius 3 is 2.57 bits per heavy atom. The number of fused-ring (bicyclic) bond motifs is 2. The lowest BCUT2D eigenvalue weighted by molar-refractivity contribution is 0.101. The van der Waals surface area contributed by atoms with Gasteiger partial charge in [0.25, 0.3) is 0 Å². The summed E-state index contributed by atoms with van der Waals surface area (Å²) in [5.41, 5.74) is 3.31. The van der Waals surface area contributed by atoms with Gasteiger partial charge in [-0.15, -0.1) is 0 Å². The number of para-hydroxylation sites is 1. The Labute approximate surface area is 142 Å². The van der Waals surface area contributed by atoms with E-state index in [1.165, 1.54) is 46.8 Å². The number of Topliss-reactive ketones (excluding diaryl/α,β-unsaturated/α-hetero) is 1. The van der Waals surface area contributed by atoms with Crippen LogP contribution in [0.5, 0.6) is 0 Å². The second-order valence-corrected chi connectivity index (χ2v) is 7.10. The molecule has 3 rings (SSSR count). The first kappa shape index (κ1) is 16.1. The van der Waals surface area contributed by atoms with Crippen molar-refractivity contribution in [2.24, 2.45) is 0 Å². The Balaban J connectivity index is 1.93. The largest absolute Gasteiger partial charge is 0.340 e. The third-order valence-corrected chi connectivity index (χ3v) is 5.38. The molecule has 1 aliphatic rings. The Morgan fingerprint density at radius 2 is 1.78 bits per heavy atom. The molecular weight excluding hydrogens is 302 g/mol. The molecule has 0 bridgehead atoms. The smallest absolute Gasteiger partial charge is 0.159 e. The van der Waals surface area contributed by atoms with Crippen molar-refractivity contribution in [2.45, 2.75) is 49.3 Å². The topological polar surface area (TPSA) is 20.3 Å². The zero-order valence-corrected chi connectivity index (χ0v) is 14.7. The zero-order valence-electron chi connectivity index (χ0n) is 13.8. The van der Waals surface area contributed by atoms with E-state index in [-0.39, 0.29) is 5.78 Å². The highest BCUT2D eigenvalue weighted by Gasteiger charge is 2.23. The molecule has 0 aliphatic carbocycles. The van der Waals surface area contributed by atoms with Gasteiger partial charge in [-0.1, -0.05) is 50.1 Å². The van der Waals surface area contributed by atoms with Gasteiger partial charge in [0, 0.05) is 21.9 Å². The van der Waals surface area contributed by atoms with Gasteiger partial charge in [-0.25, -0.2) is 0 Å². The van der Waals surface area contributed by atoms with Crippen LogP contribution in [0.25, 0.3) is 0 Å². The third-order valence-electron chi connectivity index (χ3n) is 4.27. The van der Waals surface area contributed by atoms with Crippen molar-refractivity contribution >= 4 is 28.9 Å². The van der Waals surface area contributed by atoms with E-state index in [1.54, 1.807) is 18.7 Å². The molecule has 0 atom stereocenters. The number of ketones is 1. The molecule has 3 heteroatoms. The van der Waals surface area contributed by atoms with Crippen molar-refractivity contribution in [2.75, 3.05) is 11.4 Å². The molecule has 2 aromatic rings. The number of rotatable bonds is 6. The number of unbranched alkanes of at least 4 members (excludes halogenated alkanes) is 3. The Hall–Kier alpha value is -1.74. The minimum atomic E-state index is 0.127. The van der Waals surface area contributed by atoms with E-state index in [1.807, 2.05) is 12.1 Å². The van der Waals surface area contributed by atoms with Crippen molar-refractivity contribution < 1.29 is 4.79 Å². The number of anilines is 2. The number of nitrogens with zero attached hydrogens (tertiary/aromatic N) is 1. The first-order valence-corrected chi connectivity index (χ1v) is 9.21. The quantitative estimate of drug-likeness (QED) is 0.475. The van der Waals surface area contributed by atoms with Crippen LogP contribution in [-0.2, 0) is 0 Å². The molecular formula is C20H23NOS. The van der Waals surface area contributed by atoms with E-state index in [0.717, 1.165) is 12.1 Å². The Kier molecular flexibility index (Phi) is 5.06. The van der Waals surface area contributed by atoms with Crippen molar-refractivity contribution in [3.8, 4) is 0 Å². The highest BCUT2D eigenvalue weighted by molar-refractivity contribution is 7.99. The van der Waals surface area contributed by atoms with Gasteiger partial charge in [0.1, 0.15) is 0 Å². The average Bonchev–Trinajstić information content (AvgIpc) is 2.57. The summed E-state index contributed by atoms with van der Waals surface area (Å²) in [7, 11) is 0. The molecule has 0 fully saturated rings. The minimum Gasteiger partial charge on any atom is -0.340 e. The molecule has 1 heterocycles. The summed E-state index contributed by atoms with van der Waals surface area (Å²) in [6, 6.07) is 14.7. The van der Waals surface area contributed by atoms with Crippen LogP contribution in [0.2, 0.25) is 0 Å². The van der Waals surface area contributed by atoms with Gasteiger partial charge < -0.3 is 4.90 Å². The van der Waals surface area contributed by atoms with E-state index in [2.05, 4.69) is 42.2 Å². The SMILES string of the molecule is CCCCCCN1c2ccccc2Sc2cc(C(C)=O)ccc21. The molecule has 23 heavy (non-hydrogen) atoms. The van der Waals surface area contributed by atoms with Gasteiger partial charge in [0.2, 0.25) is 0 Å². The molecule has 2 aromatic carbocycles. The molecule has 0 aromatic heterocycles. The van der Waals surface area contributed by atoms with Crippen LogP contribution in [0.15, 0.2) is 52.3 Å².